The van der Waals surface area contributed by atoms with E-state index in [2.05, 4.69) is 20.1 Å². The van der Waals surface area contributed by atoms with E-state index in [0.717, 1.165) is 18.4 Å². The average Bonchev–Trinajstić information content (AvgIpc) is 2.96. The standard InChI is InChI=1S/C15H20O3.C2H6.CH4/c1-4-7-11-17-15(16)14-10-9-13(18-14)12(6-3)8-5-2;1-2;/h5-6,8-10,15-16H,2-4,7,11H2,1H3;1-2H3;1H4/b12-8+;;. The molecule has 0 aliphatic heterocycles. The molecule has 0 spiro atoms. The molecule has 3 heteroatoms. The Morgan fingerprint density at radius 2 is 2.05 bits per heavy atom. The first-order chi connectivity index (χ1) is 9.72. The summed E-state index contributed by atoms with van der Waals surface area (Å²) in [5, 5.41) is 9.76. The zero-order valence-corrected chi connectivity index (χ0v) is 12.8. The quantitative estimate of drug-likeness (QED) is 0.391. The molecule has 1 atom stereocenters. The van der Waals surface area contributed by atoms with Gasteiger partial charge >= 0.3 is 0 Å². The lowest BCUT2D eigenvalue weighted by Gasteiger charge is -2.08. The summed E-state index contributed by atoms with van der Waals surface area (Å²) in [4.78, 5) is 0. The average molecular weight is 294 g/mol. The molecule has 1 heterocycles. The molecule has 0 aromatic carbocycles. The maximum absolute atomic E-state index is 9.76. The van der Waals surface area contributed by atoms with E-state index in [1.54, 1.807) is 30.4 Å². The molecule has 1 N–H and O–H groups in total. The van der Waals surface area contributed by atoms with Gasteiger partial charge in [0, 0.05) is 5.57 Å². The summed E-state index contributed by atoms with van der Waals surface area (Å²) in [6, 6.07) is 3.48. The third kappa shape index (κ3) is 7.69. The molecule has 1 aromatic rings. The molecule has 0 radical (unpaired) electrons. The van der Waals surface area contributed by atoms with Crippen molar-refractivity contribution in [2.45, 2.75) is 47.3 Å². The molecular weight excluding hydrogens is 264 g/mol. The van der Waals surface area contributed by atoms with Crippen LogP contribution in [0.2, 0.25) is 0 Å². The first-order valence-corrected chi connectivity index (χ1v) is 7.07. The van der Waals surface area contributed by atoms with Crippen LogP contribution >= 0.6 is 0 Å². The first kappa shape index (κ1) is 21.7. The van der Waals surface area contributed by atoms with Crippen molar-refractivity contribution in [3.8, 4) is 0 Å². The fraction of sp³-hybridized carbons (Fsp3) is 0.444. The molecule has 1 unspecified atom stereocenters. The summed E-state index contributed by atoms with van der Waals surface area (Å²) in [5.41, 5.74) is 0.817. The normalized spacial score (nSPS) is 11.7. The van der Waals surface area contributed by atoms with Gasteiger partial charge < -0.3 is 14.3 Å². The molecule has 0 bridgehead atoms. The predicted molar refractivity (Wildman–Crippen MR) is 91.0 cm³/mol. The number of allylic oxidation sites excluding steroid dienone is 4. The fourth-order valence-electron chi connectivity index (χ4n) is 1.44. The van der Waals surface area contributed by atoms with E-state index < -0.39 is 6.29 Å². The summed E-state index contributed by atoms with van der Waals surface area (Å²) >= 11 is 0. The Hall–Kier alpha value is -1.58. The summed E-state index contributed by atoms with van der Waals surface area (Å²) < 4.78 is 10.8. The third-order valence-electron chi connectivity index (χ3n) is 2.45. The van der Waals surface area contributed by atoms with Gasteiger partial charge in [-0.2, -0.15) is 0 Å². The lowest BCUT2D eigenvalue weighted by Crippen LogP contribution is -2.03. The van der Waals surface area contributed by atoms with Crippen LogP contribution in [0.1, 0.15) is 58.9 Å². The highest BCUT2D eigenvalue weighted by atomic mass is 16.6. The van der Waals surface area contributed by atoms with Gasteiger partial charge in [-0.25, -0.2) is 0 Å². The van der Waals surface area contributed by atoms with Crippen molar-refractivity contribution < 1.29 is 14.3 Å². The van der Waals surface area contributed by atoms with Crippen molar-refractivity contribution in [2.24, 2.45) is 0 Å². The van der Waals surface area contributed by atoms with Crippen LogP contribution in [0.25, 0.3) is 5.57 Å². The highest BCUT2D eigenvalue weighted by molar-refractivity contribution is 5.71. The third-order valence-corrected chi connectivity index (χ3v) is 2.45. The van der Waals surface area contributed by atoms with E-state index in [1.807, 2.05) is 13.8 Å². The smallest absolute Gasteiger partial charge is 0.214 e. The zero-order valence-electron chi connectivity index (χ0n) is 12.8. The van der Waals surface area contributed by atoms with Crippen molar-refractivity contribution in [3.63, 3.8) is 0 Å². The van der Waals surface area contributed by atoms with Gasteiger partial charge in [-0.3, -0.25) is 0 Å². The minimum atomic E-state index is -1.01. The van der Waals surface area contributed by atoms with E-state index in [4.69, 9.17) is 9.15 Å². The topological polar surface area (TPSA) is 42.6 Å². The number of hydrogen-bond acceptors (Lipinski definition) is 3. The lowest BCUT2D eigenvalue weighted by molar-refractivity contribution is -0.115. The van der Waals surface area contributed by atoms with E-state index >= 15 is 0 Å². The van der Waals surface area contributed by atoms with Gasteiger partial charge in [-0.15, -0.1) is 0 Å². The Kier molecular flexibility index (Phi) is 13.9. The van der Waals surface area contributed by atoms with Crippen LogP contribution in [0.4, 0.5) is 0 Å². The maximum atomic E-state index is 9.76. The number of ether oxygens (including phenoxy) is 1. The van der Waals surface area contributed by atoms with Gasteiger partial charge in [0.2, 0.25) is 6.29 Å². The van der Waals surface area contributed by atoms with Gasteiger partial charge in [0.05, 0.1) is 6.61 Å². The second kappa shape index (κ2) is 13.4. The second-order valence-electron chi connectivity index (χ2n) is 3.84. The molecule has 3 nitrogen and oxygen atoms in total. The van der Waals surface area contributed by atoms with Crippen LogP contribution in [0, 0.1) is 0 Å². The maximum Gasteiger partial charge on any atom is 0.214 e. The summed E-state index contributed by atoms with van der Waals surface area (Å²) in [6.45, 7) is 13.9. The molecule has 0 saturated carbocycles. The molecule has 0 aliphatic rings. The van der Waals surface area contributed by atoms with Crippen molar-refractivity contribution >= 4 is 5.57 Å². The van der Waals surface area contributed by atoms with Gasteiger partial charge in [-0.05, 0) is 18.6 Å². The molecule has 1 rings (SSSR count). The Balaban J connectivity index is 0. The second-order valence-corrected chi connectivity index (χ2v) is 3.84. The summed E-state index contributed by atoms with van der Waals surface area (Å²) in [7, 11) is 0. The molecule has 120 valence electrons. The zero-order chi connectivity index (χ0) is 15.4. The van der Waals surface area contributed by atoms with E-state index in [1.165, 1.54) is 0 Å². The molecule has 0 fully saturated rings. The first-order valence-electron chi connectivity index (χ1n) is 7.07. The Labute approximate surface area is 129 Å². The largest absolute Gasteiger partial charge is 0.456 e. The number of unbranched alkanes of at least 4 members (excludes halogenated alkanes) is 1. The molecule has 0 saturated heterocycles. The van der Waals surface area contributed by atoms with Crippen LogP contribution in [-0.4, -0.2) is 11.7 Å². The molecule has 0 amide bonds. The van der Waals surface area contributed by atoms with Crippen molar-refractivity contribution in [2.75, 3.05) is 6.61 Å². The van der Waals surface area contributed by atoms with Crippen molar-refractivity contribution in [1.29, 1.82) is 0 Å². The number of hydrogen-bond donors (Lipinski definition) is 1. The van der Waals surface area contributed by atoms with Gasteiger partial charge in [0.25, 0.3) is 0 Å². The lowest BCUT2D eigenvalue weighted by atomic mass is 10.2. The predicted octanol–water partition coefficient (Wildman–Crippen LogP) is 5.50. The summed E-state index contributed by atoms with van der Waals surface area (Å²) in [5.74, 6) is 1.04. The molecule has 1 aromatic heterocycles. The van der Waals surface area contributed by atoms with Gasteiger partial charge in [-0.1, -0.05) is 66.0 Å². The van der Waals surface area contributed by atoms with Crippen molar-refractivity contribution in [1.82, 2.24) is 0 Å². The van der Waals surface area contributed by atoms with E-state index in [0.29, 0.717) is 18.1 Å². The van der Waals surface area contributed by atoms with Crippen LogP contribution in [-0.2, 0) is 4.74 Å². The van der Waals surface area contributed by atoms with E-state index in [-0.39, 0.29) is 7.43 Å². The Bertz CT molecular complexity index is 416. The number of aliphatic hydroxyl groups is 1. The van der Waals surface area contributed by atoms with E-state index in [9.17, 15) is 5.11 Å². The summed E-state index contributed by atoms with van der Waals surface area (Å²) in [6.07, 6.45) is 6.06. The van der Waals surface area contributed by atoms with Crippen LogP contribution in [0.5, 0.6) is 0 Å². The van der Waals surface area contributed by atoms with Gasteiger partial charge in [0.15, 0.2) is 5.76 Å². The van der Waals surface area contributed by atoms with Crippen molar-refractivity contribution in [3.05, 3.63) is 55.0 Å². The number of furan rings is 1. The molecule has 21 heavy (non-hydrogen) atoms. The monoisotopic (exact) mass is 294 g/mol. The minimum absolute atomic E-state index is 0. The SMILES string of the molecule is C.C=C/C=C(\C=C)c1ccc(C(O)OCCCC)o1.CC. The number of rotatable bonds is 8. The number of aliphatic hydroxyl groups excluding tert-OH is 1. The minimum Gasteiger partial charge on any atom is -0.456 e. The molecular formula is C18H30O3. The Morgan fingerprint density at radius 1 is 1.38 bits per heavy atom. The van der Waals surface area contributed by atoms with Gasteiger partial charge in [0.1, 0.15) is 5.76 Å². The van der Waals surface area contributed by atoms with Crippen LogP contribution in [0.3, 0.4) is 0 Å². The molecule has 0 aliphatic carbocycles. The van der Waals surface area contributed by atoms with Crippen LogP contribution < -0.4 is 0 Å². The highest BCUT2D eigenvalue weighted by Crippen LogP contribution is 2.23. The van der Waals surface area contributed by atoms with Crippen LogP contribution in [0.15, 0.2) is 47.9 Å². The highest BCUT2D eigenvalue weighted by Gasteiger charge is 2.13. The fourth-order valence-corrected chi connectivity index (χ4v) is 1.44. The Morgan fingerprint density at radius 3 is 2.57 bits per heavy atom.